The number of hydrogen-bond acceptors (Lipinski definition) is 4. The second kappa shape index (κ2) is 8.44. The van der Waals surface area contributed by atoms with Crippen molar-refractivity contribution in [3.63, 3.8) is 0 Å². The van der Waals surface area contributed by atoms with E-state index >= 15 is 0 Å². The minimum Gasteiger partial charge on any atom is -0.466 e. The fourth-order valence-corrected chi connectivity index (χ4v) is 1.23. The lowest BCUT2D eigenvalue weighted by Crippen LogP contribution is -2.09. The van der Waals surface area contributed by atoms with Crippen LogP contribution in [0.5, 0.6) is 0 Å². The molecule has 0 spiro atoms. The Bertz CT molecular complexity index is 373. The quantitative estimate of drug-likeness (QED) is 0.322. The molecule has 4 heteroatoms. The molecule has 0 radical (unpaired) electrons. The van der Waals surface area contributed by atoms with Gasteiger partial charge in [-0.1, -0.05) is 30.3 Å². The highest BCUT2D eigenvalue weighted by molar-refractivity contribution is 5.81. The molecule has 0 fully saturated rings. The lowest BCUT2D eigenvalue weighted by Gasteiger charge is -2.09. The Balaban J connectivity index is 2.14. The van der Waals surface area contributed by atoms with Gasteiger partial charge in [0.15, 0.2) is 0 Å². The monoisotopic (exact) mass is 250 g/mol. The molecular weight excluding hydrogens is 232 g/mol. The van der Waals surface area contributed by atoms with Gasteiger partial charge in [0.1, 0.15) is 6.79 Å². The number of esters is 1. The molecule has 1 rings (SSSR count). The van der Waals surface area contributed by atoms with Crippen molar-refractivity contribution in [2.75, 3.05) is 13.9 Å². The van der Waals surface area contributed by atoms with Gasteiger partial charge in [0, 0.05) is 6.08 Å². The molecular formula is C14H18O4. The predicted molar refractivity (Wildman–Crippen MR) is 67.8 cm³/mol. The lowest BCUT2D eigenvalue weighted by molar-refractivity contribution is -0.135. The van der Waals surface area contributed by atoms with Crippen LogP contribution in [0.1, 0.15) is 12.5 Å². The number of rotatable bonds is 7. The second-order valence-corrected chi connectivity index (χ2v) is 3.71. The summed E-state index contributed by atoms with van der Waals surface area (Å²) in [6, 6.07) is 9.85. The summed E-state index contributed by atoms with van der Waals surface area (Å²) in [5.74, 6) is -0.393. The van der Waals surface area contributed by atoms with E-state index in [1.807, 2.05) is 37.3 Å². The maximum Gasteiger partial charge on any atom is 0.330 e. The zero-order valence-electron chi connectivity index (χ0n) is 10.7. The highest BCUT2D eigenvalue weighted by Gasteiger charge is 1.99. The summed E-state index contributed by atoms with van der Waals surface area (Å²) in [6.45, 7) is 2.52. The molecule has 4 nitrogen and oxygen atoms in total. The smallest absolute Gasteiger partial charge is 0.330 e. The zero-order chi connectivity index (χ0) is 13.2. The van der Waals surface area contributed by atoms with Gasteiger partial charge in [0.05, 0.1) is 19.8 Å². The number of ether oxygens (including phenoxy) is 3. The van der Waals surface area contributed by atoms with Gasteiger partial charge in [-0.25, -0.2) is 4.79 Å². The first kappa shape index (κ1) is 14.4. The molecule has 0 unspecified atom stereocenters. The van der Waals surface area contributed by atoms with E-state index in [1.165, 1.54) is 13.2 Å². The third-order valence-electron chi connectivity index (χ3n) is 2.23. The van der Waals surface area contributed by atoms with Crippen LogP contribution in [-0.4, -0.2) is 26.0 Å². The number of carbonyl (C=O) groups is 1. The van der Waals surface area contributed by atoms with Crippen molar-refractivity contribution in [2.45, 2.75) is 19.6 Å². The maximum absolute atomic E-state index is 10.8. The third-order valence-corrected chi connectivity index (χ3v) is 2.23. The number of methoxy groups -OCH3 is 1. The molecule has 0 aliphatic rings. The third kappa shape index (κ3) is 6.18. The van der Waals surface area contributed by atoms with Gasteiger partial charge in [0.25, 0.3) is 0 Å². The largest absolute Gasteiger partial charge is 0.466 e. The molecule has 1 aromatic carbocycles. The van der Waals surface area contributed by atoms with E-state index in [2.05, 4.69) is 4.74 Å². The van der Waals surface area contributed by atoms with E-state index in [4.69, 9.17) is 9.47 Å². The first-order chi connectivity index (χ1) is 8.72. The Kier molecular flexibility index (Phi) is 6.76. The van der Waals surface area contributed by atoms with Crippen LogP contribution in [-0.2, 0) is 25.6 Å². The Labute approximate surface area is 107 Å². The SMILES string of the molecule is COC(=O)/C=C/[C@H](C)OCOCc1ccccc1. The molecule has 98 valence electrons. The number of benzene rings is 1. The van der Waals surface area contributed by atoms with Crippen molar-refractivity contribution in [1.82, 2.24) is 0 Å². The van der Waals surface area contributed by atoms with Crippen LogP contribution in [0.4, 0.5) is 0 Å². The van der Waals surface area contributed by atoms with E-state index in [0.717, 1.165) is 5.56 Å². The maximum atomic E-state index is 10.8. The summed E-state index contributed by atoms with van der Waals surface area (Å²) >= 11 is 0. The van der Waals surface area contributed by atoms with Gasteiger partial charge >= 0.3 is 5.97 Å². The number of carbonyl (C=O) groups excluding carboxylic acids is 1. The molecule has 0 N–H and O–H groups in total. The number of hydrogen-bond donors (Lipinski definition) is 0. The van der Waals surface area contributed by atoms with Crippen molar-refractivity contribution in [1.29, 1.82) is 0 Å². The summed E-state index contributed by atoms with van der Waals surface area (Å²) in [5.41, 5.74) is 1.10. The molecule has 0 aliphatic carbocycles. The molecule has 0 heterocycles. The summed E-state index contributed by atoms with van der Waals surface area (Å²) in [4.78, 5) is 10.8. The topological polar surface area (TPSA) is 44.8 Å². The molecule has 0 amide bonds. The minimum atomic E-state index is -0.393. The van der Waals surface area contributed by atoms with Gasteiger partial charge in [-0.2, -0.15) is 0 Å². The first-order valence-corrected chi connectivity index (χ1v) is 5.72. The second-order valence-electron chi connectivity index (χ2n) is 3.71. The van der Waals surface area contributed by atoms with Gasteiger partial charge in [-0.05, 0) is 18.6 Å². The summed E-state index contributed by atoms with van der Waals surface area (Å²) in [5, 5.41) is 0. The van der Waals surface area contributed by atoms with Crippen LogP contribution in [0.15, 0.2) is 42.5 Å². The average Bonchev–Trinajstić information content (AvgIpc) is 2.42. The van der Waals surface area contributed by atoms with E-state index in [0.29, 0.717) is 6.61 Å². The Morgan fingerprint density at radius 1 is 1.33 bits per heavy atom. The van der Waals surface area contributed by atoms with Crippen molar-refractivity contribution >= 4 is 5.97 Å². The van der Waals surface area contributed by atoms with Gasteiger partial charge in [0.2, 0.25) is 0 Å². The summed E-state index contributed by atoms with van der Waals surface area (Å²) in [6.07, 6.45) is 2.76. The van der Waals surface area contributed by atoms with Gasteiger partial charge < -0.3 is 14.2 Å². The van der Waals surface area contributed by atoms with Crippen LogP contribution < -0.4 is 0 Å². The van der Waals surface area contributed by atoms with E-state index in [-0.39, 0.29) is 12.9 Å². The summed E-state index contributed by atoms with van der Waals surface area (Å²) in [7, 11) is 1.33. The van der Waals surface area contributed by atoms with Crippen LogP contribution >= 0.6 is 0 Å². The minimum absolute atomic E-state index is 0.182. The standard InChI is InChI=1S/C14H18O4/c1-12(8-9-14(15)16-2)18-11-17-10-13-6-4-3-5-7-13/h3-9,12H,10-11H2,1-2H3/b9-8+/t12-/m0/s1. The lowest BCUT2D eigenvalue weighted by atomic mass is 10.2. The van der Waals surface area contributed by atoms with Crippen LogP contribution in [0.2, 0.25) is 0 Å². The molecule has 1 aromatic rings. The van der Waals surface area contributed by atoms with Crippen LogP contribution in [0.3, 0.4) is 0 Å². The summed E-state index contributed by atoms with van der Waals surface area (Å²) < 4.78 is 15.2. The molecule has 0 aliphatic heterocycles. The Morgan fingerprint density at radius 3 is 2.72 bits per heavy atom. The van der Waals surface area contributed by atoms with E-state index < -0.39 is 5.97 Å². The predicted octanol–water partition coefficient (Wildman–Crippen LogP) is 2.29. The Morgan fingerprint density at radius 2 is 2.06 bits per heavy atom. The van der Waals surface area contributed by atoms with Crippen LogP contribution in [0, 0.1) is 0 Å². The van der Waals surface area contributed by atoms with Crippen molar-refractivity contribution < 1.29 is 19.0 Å². The molecule has 1 atom stereocenters. The molecule has 0 saturated carbocycles. The normalized spacial score (nSPS) is 12.6. The molecule has 0 bridgehead atoms. The van der Waals surface area contributed by atoms with E-state index in [1.54, 1.807) is 6.08 Å². The molecule has 0 aromatic heterocycles. The van der Waals surface area contributed by atoms with Gasteiger partial charge in [-0.3, -0.25) is 0 Å². The Hall–Kier alpha value is -1.65. The highest BCUT2D eigenvalue weighted by Crippen LogP contribution is 2.01. The zero-order valence-corrected chi connectivity index (χ0v) is 10.7. The van der Waals surface area contributed by atoms with Crippen molar-refractivity contribution in [2.24, 2.45) is 0 Å². The van der Waals surface area contributed by atoms with Crippen molar-refractivity contribution in [3.05, 3.63) is 48.0 Å². The van der Waals surface area contributed by atoms with Crippen LogP contribution in [0.25, 0.3) is 0 Å². The molecule has 18 heavy (non-hydrogen) atoms. The van der Waals surface area contributed by atoms with E-state index in [9.17, 15) is 4.79 Å². The fourth-order valence-electron chi connectivity index (χ4n) is 1.23. The average molecular weight is 250 g/mol. The highest BCUT2D eigenvalue weighted by atomic mass is 16.7. The molecule has 0 saturated heterocycles. The van der Waals surface area contributed by atoms with Gasteiger partial charge in [-0.15, -0.1) is 0 Å². The fraction of sp³-hybridized carbons (Fsp3) is 0.357. The van der Waals surface area contributed by atoms with Crippen molar-refractivity contribution in [3.8, 4) is 0 Å². The first-order valence-electron chi connectivity index (χ1n) is 5.72.